The molecule has 20 heavy (non-hydrogen) atoms. The molecule has 0 bridgehead atoms. The molecule has 1 saturated heterocycles. The summed E-state index contributed by atoms with van der Waals surface area (Å²) in [5, 5.41) is 20.2. The summed E-state index contributed by atoms with van der Waals surface area (Å²) < 4.78 is 13.4. The molecule has 0 aromatic heterocycles. The Kier molecular flexibility index (Phi) is 4.67. The number of likely N-dealkylation sites (tertiary alicyclic amines) is 1. The second kappa shape index (κ2) is 6.28. The number of halogens is 1. The van der Waals surface area contributed by atoms with Gasteiger partial charge < -0.3 is 5.11 Å². The fraction of sp³-hybridized carbons (Fsp3) is 0.571. The van der Waals surface area contributed by atoms with Crippen LogP contribution in [0.3, 0.4) is 0 Å². The summed E-state index contributed by atoms with van der Waals surface area (Å²) in [5.74, 6) is -0.583. The maximum absolute atomic E-state index is 13.4. The van der Waals surface area contributed by atoms with Gasteiger partial charge in [-0.2, -0.15) is 0 Å². The van der Waals surface area contributed by atoms with Crippen molar-refractivity contribution in [2.24, 2.45) is 0 Å². The molecule has 1 fully saturated rings. The second-order valence-electron chi connectivity index (χ2n) is 5.43. The summed E-state index contributed by atoms with van der Waals surface area (Å²) in [6.07, 6.45) is 2.34. The molecule has 0 saturated carbocycles. The minimum atomic E-state index is -0.583. The van der Waals surface area contributed by atoms with E-state index in [1.807, 2.05) is 0 Å². The van der Waals surface area contributed by atoms with Gasteiger partial charge >= 0.3 is 0 Å². The Hall–Kier alpha value is -1.53. The van der Waals surface area contributed by atoms with Crippen molar-refractivity contribution in [1.82, 2.24) is 4.90 Å². The van der Waals surface area contributed by atoms with Gasteiger partial charge in [0.25, 0.3) is 5.69 Å². The number of non-ortho nitro benzene ring substituents is 1. The molecule has 0 amide bonds. The summed E-state index contributed by atoms with van der Waals surface area (Å²) in [6, 6.07) is 3.95. The summed E-state index contributed by atoms with van der Waals surface area (Å²) in [5.41, 5.74) is 0.389. The normalized spacial score (nSPS) is 21.1. The van der Waals surface area contributed by atoms with Gasteiger partial charge in [0.1, 0.15) is 5.82 Å². The van der Waals surface area contributed by atoms with Crippen molar-refractivity contribution in [3.8, 4) is 0 Å². The number of hydrogen-bond donors (Lipinski definition) is 1. The van der Waals surface area contributed by atoms with Gasteiger partial charge in [0.2, 0.25) is 0 Å². The molecule has 110 valence electrons. The predicted molar refractivity (Wildman–Crippen MR) is 72.8 cm³/mol. The molecule has 1 aromatic rings. The molecule has 1 aromatic carbocycles. The van der Waals surface area contributed by atoms with Crippen molar-refractivity contribution in [2.45, 2.75) is 44.9 Å². The first-order valence-corrected chi connectivity index (χ1v) is 6.81. The van der Waals surface area contributed by atoms with Crippen molar-refractivity contribution in [3.05, 3.63) is 39.7 Å². The van der Waals surface area contributed by atoms with Crippen molar-refractivity contribution in [3.63, 3.8) is 0 Å². The Labute approximate surface area is 117 Å². The van der Waals surface area contributed by atoms with Crippen LogP contribution in [0.5, 0.6) is 0 Å². The molecule has 0 aliphatic carbocycles. The average Bonchev–Trinajstić information content (AvgIpc) is 2.75. The Morgan fingerprint density at radius 2 is 2.30 bits per heavy atom. The van der Waals surface area contributed by atoms with E-state index in [1.165, 1.54) is 12.1 Å². The average molecular weight is 282 g/mol. The molecule has 0 spiro atoms. The van der Waals surface area contributed by atoms with E-state index >= 15 is 0 Å². The number of hydrogen-bond acceptors (Lipinski definition) is 4. The first-order chi connectivity index (χ1) is 9.45. The SMILES string of the molecule is CC(O)CC1CCCN1Cc1cc(F)cc([N+](=O)[O-])c1. The minimum absolute atomic E-state index is 0.216. The van der Waals surface area contributed by atoms with Gasteiger partial charge in [-0.25, -0.2) is 4.39 Å². The van der Waals surface area contributed by atoms with Gasteiger partial charge in [-0.1, -0.05) is 0 Å². The van der Waals surface area contributed by atoms with Gasteiger partial charge in [-0.3, -0.25) is 15.0 Å². The lowest BCUT2D eigenvalue weighted by Gasteiger charge is -2.25. The van der Waals surface area contributed by atoms with Gasteiger partial charge in [-0.15, -0.1) is 0 Å². The highest BCUT2D eigenvalue weighted by atomic mass is 19.1. The highest BCUT2D eigenvalue weighted by Crippen LogP contribution is 2.25. The maximum Gasteiger partial charge on any atom is 0.272 e. The van der Waals surface area contributed by atoms with Crippen LogP contribution in [0.4, 0.5) is 10.1 Å². The lowest BCUT2D eigenvalue weighted by molar-refractivity contribution is -0.385. The van der Waals surface area contributed by atoms with E-state index < -0.39 is 10.7 Å². The van der Waals surface area contributed by atoms with E-state index in [2.05, 4.69) is 4.90 Å². The van der Waals surface area contributed by atoms with Crippen LogP contribution >= 0.6 is 0 Å². The fourth-order valence-electron chi connectivity index (χ4n) is 2.83. The Balaban J connectivity index is 2.11. The monoisotopic (exact) mass is 282 g/mol. The van der Waals surface area contributed by atoms with E-state index in [4.69, 9.17) is 0 Å². The van der Waals surface area contributed by atoms with Crippen LogP contribution in [-0.4, -0.2) is 33.6 Å². The minimum Gasteiger partial charge on any atom is -0.393 e. The quantitative estimate of drug-likeness (QED) is 0.665. The standard InChI is InChI=1S/C14H19FN2O3/c1-10(18)5-13-3-2-4-16(13)9-11-6-12(15)8-14(7-11)17(19)20/h6-8,10,13,18H,2-5,9H2,1H3. The second-order valence-corrected chi connectivity index (χ2v) is 5.43. The van der Waals surface area contributed by atoms with Gasteiger partial charge in [0, 0.05) is 18.7 Å². The third-order valence-corrected chi connectivity index (χ3v) is 3.65. The van der Waals surface area contributed by atoms with Gasteiger partial charge in [0.15, 0.2) is 0 Å². The Morgan fingerprint density at radius 3 is 2.95 bits per heavy atom. The number of aliphatic hydroxyl groups is 1. The zero-order chi connectivity index (χ0) is 14.7. The van der Waals surface area contributed by atoms with E-state index in [1.54, 1.807) is 6.92 Å². The van der Waals surface area contributed by atoms with Crippen molar-refractivity contribution >= 4 is 5.69 Å². The highest BCUT2D eigenvalue weighted by Gasteiger charge is 2.26. The molecule has 1 heterocycles. The van der Waals surface area contributed by atoms with E-state index in [-0.39, 0.29) is 17.8 Å². The first-order valence-electron chi connectivity index (χ1n) is 6.81. The molecule has 2 atom stereocenters. The molecule has 2 unspecified atom stereocenters. The van der Waals surface area contributed by atoms with Crippen molar-refractivity contribution in [1.29, 1.82) is 0 Å². The van der Waals surface area contributed by atoms with Crippen LogP contribution in [0.15, 0.2) is 18.2 Å². The zero-order valence-electron chi connectivity index (χ0n) is 11.5. The van der Waals surface area contributed by atoms with E-state index in [0.717, 1.165) is 25.5 Å². The van der Waals surface area contributed by atoms with E-state index in [9.17, 15) is 19.6 Å². The maximum atomic E-state index is 13.4. The molecule has 2 rings (SSSR count). The number of aliphatic hydroxyl groups excluding tert-OH is 1. The summed E-state index contributed by atoms with van der Waals surface area (Å²) in [6.45, 7) is 3.11. The molecule has 1 N–H and O–H groups in total. The Morgan fingerprint density at radius 1 is 1.55 bits per heavy atom. The molecule has 1 aliphatic heterocycles. The largest absolute Gasteiger partial charge is 0.393 e. The molecular weight excluding hydrogens is 263 g/mol. The molecular formula is C14H19FN2O3. The zero-order valence-corrected chi connectivity index (χ0v) is 11.5. The molecule has 5 nitrogen and oxygen atoms in total. The number of rotatable bonds is 5. The molecule has 1 aliphatic rings. The van der Waals surface area contributed by atoms with E-state index in [0.29, 0.717) is 18.5 Å². The number of benzene rings is 1. The predicted octanol–water partition coefficient (Wildman–Crippen LogP) is 2.47. The Bertz CT molecular complexity index is 493. The lowest BCUT2D eigenvalue weighted by Crippen LogP contribution is -2.31. The molecule has 6 heteroatoms. The van der Waals surface area contributed by atoms with Crippen LogP contribution in [0.25, 0.3) is 0 Å². The fourth-order valence-corrected chi connectivity index (χ4v) is 2.83. The van der Waals surface area contributed by atoms with Crippen molar-refractivity contribution in [2.75, 3.05) is 6.54 Å². The topological polar surface area (TPSA) is 66.6 Å². The smallest absolute Gasteiger partial charge is 0.272 e. The van der Waals surface area contributed by atoms with Crippen LogP contribution in [0.2, 0.25) is 0 Å². The third-order valence-electron chi connectivity index (χ3n) is 3.65. The van der Waals surface area contributed by atoms with Crippen molar-refractivity contribution < 1.29 is 14.4 Å². The van der Waals surface area contributed by atoms with Crippen LogP contribution in [0.1, 0.15) is 31.7 Å². The number of nitro groups is 1. The number of nitro benzene ring substituents is 1. The van der Waals surface area contributed by atoms with Crippen LogP contribution in [-0.2, 0) is 6.54 Å². The highest BCUT2D eigenvalue weighted by molar-refractivity contribution is 5.35. The summed E-state index contributed by atoms with van der Waals surface area (Å²) in [4.78, 5) is 12.3. The van der Waals surface area contributed by atoms with Gasteiger partial charge in [-0.05, 0) is 44.4 Å². The third kappa shape index (κ3) is 3.74. The number of nitrogens with zero attached hydrogens (tertiary/aromatic N) is 2. The van der Waals surface area contributed by atoms with Gasteiger partial charge in [0.05, 0.1) is 17.1 Å². The first kappa shape index (κ1) is 14.9. The molecule has 0 radical (unpaired) electrons. The van der Waals surface area contributed by atoms with Crippen LogP contribution in [0, 0.1) is 15.9 Å². The lowest BCUT2D eigenvalue weighted by atomic mass is 10.1. The summed E-state index contributed by atoms with van der Waals surface area (Å²) in [7, 11) is 0. The van der Waals surface area contributed by atoms with Crippen LogP contribution < -0.4 is 0 Å². The summed E-state index contributed by atoms with van der Waals surface area (Å²) >= 11 is 0.